The molecule has 2 atom stereocenters. The van der Waals surface area contributed by atoms with Gasteiger partial charge in [0.2, 0.25) is 8.22 Å². The van der Waals surface area contributed by atoms with Gasteiger partial charge in [-0.3, -0.25) is 9.34 Å². The summed E-state index contributed by atoms with van der Waals surface area (Å²) in [6.07, 6.45) is 3.98. The Labute approximate surface area is 322 Å². The van der Waals surface area contributed by atoms with Crippen LogP contribution in [0, 0.1) is 17.1 Å². The summed E-state index contributed by atoms with van der Waals surface area (Å²) in [5, 5.41) is 6.25. The second-order valence-electron chi connectivity index (χ2n) is 19.9. The molecule has 5 nitrogen and oxygen atoms in total. The Morgan fingerprint density at radius 2 is 1.14 bits per heavy atom. The molecule has 0 aromatic heterocycles. The highest BCUT2D eigenvalue weighted by molar-refractivity contribution is 7.67. The van der Waals surface area contributed by atoms with Crippen LogP contribution in [0.2, 0.25) is 13.1 Å². The van der Waals surface area contributed by atoms with Crippen molar-refractivity contribution < 1.29 is 0 Å². The molecule has 0 N–H and O–H groups in total. The number of anilines is 1. The van der Waals surface area contributed by atoms with E-state index in [9.17, 15) is 0 Å². The van der Waals surface area contributed by atoms with Gasteiger partial charge in [0.15, 0.2) is 9.12 Å². The van der Waals surface area contributed by atoms with E-state index in [4.69, 9.17) is 0 Å². The maximum absolute atomic E-state index is 4.45. The predicted molar refractivity (Wildman–Crippen MR) is 235 cm³/mol. The van der Waals surface area contributed by atoms with E-state index < -0.39 is 24.8 Å². The van der Waals surface area contributed by atoms with Crippen LogP contribution >= 0.6 is 16.4 Å². The maximum Gasteiger partial charge on any atom is 0.285 e. The Morgan fingerprint density at radius 3 is 1.51 bits per heavy atom. The molecule has 1 aliphatic heterocycles. The lowest BCUT2D eigenvalue weighted by molar-refractivity contribution is 0.243. The van der Waals surface area contributed by atoms with Gasteiger partial charge in [0.25, 0.3) is 8.40 Å². The van der Waals surface area contributed by atoms with E-state index in [-0.39, 0.29) is 11.1 Å². The van der Waals surface area contributed by atoms with Crippen molar-refractivity contribution >= 4 is 39.7 Å². The molecule has 1 aromatic rings. The normalized spacial score (nSPS) is 22.0. The third-order valence-corrected chi connectivity index (χ3v) is 27.2. The van der Waals surface area contributed by atoms with Gasteiger partial charge in [0.05, 0.1) is 19.1 Å². The number of para-hydroxylation sites is 1. The minimum Gasteiger partial charge on any atom is -0.308 e. The fourth-order valence-corrected chi connectivity index (χ4v) is 26.9. The highest BCUT2D eigenvalue weighted by Gasteiger charge is 2.69. The maximum atomic E-state index is 4.45. The first-order chi connectivity index (χ1) is 23.3. The van der Waals surface area contributed by atoms with Crippen LogP contribution in [0.15, 0.2) is 29.2 Å². The molecule has 2 bridgehead atoms. The number of allylic oxidation sites excluding steroid dienone is 2. The zero-order valence-corrected chi connectivity index (χ0v) is 40.5. The van der Waals surface area contributed by atoms with Gasteiger partial charge in [-0.05, 0) is 158 Å². The summed E-state index contributed by atoms with van der Waals surface area (Å²) in [7, 11) is -3.15. The van der Waals surface area contributed by atoms with Gasteiger partial charge in [-0.2, -0.15) is 8.67 Å². The molecule has 288 valence electrons. The largest absolute Gasteiger partial charge is 0.308 e. The fourth-order valence-electron chi connectivity index (χ4n) is 10.1. The Bertz CT molecular complexity index is 1390. The zero-order chi connectivity index (χ0) is 38.7. The van der Waals surface area contributed by atoms with Gasteiger partial charge in [0.1, 0.15) is 0 Å². The molecule has 1 saturated heterocycles. The smallest absolute Gasteiger partial charge is 0.285 e. The number of nitrogens with zero attached hydrogens (tertiary/aromatic N) is 5. The Balaban J connectivity index is 2.15. The van der Waals surface area contributed by atoms with Gasteiger partial charge in [-0.1, -0.05) is 45.9 Å². The Kier molecular flexibility index (Phi) is 13.6. The first-order valence-corrected chi connectivity index (χ1v) is 26.9. The molecular weight excluding hydrogens is 693 g/mol. The minimum atomic E-state index is -1.80. The number of hydrogen-bond donors (Lipinski definition) is 0. The lowest BCUT2D eigenvalue weighted by Crippen LogP contribution is -2.76. The van der Waals surface area contributed by atoms with Crippen LogP contribution in [-0.4, -0.2) is 70.8 Å². The molecule has 0 radical (unpaired) electrons. The number of rotatable bonds is 11. The number of fused-ring (bicyclic) bond motifs is 2. The predicted octanol–water partition coefficient (Wildman–Crippen LogP) is 12.4. The Morgan fingerprint density at radius 1 is 0.725 bits per heavy atom. The van der Waals surface area contributed by atoms with Crippen molar-refractivity contribution in [2.24, 2.45) is 11.8 Å². The molecule has 51 heavy (non-hydrogen) atoms. The van der Waals surface area contributed by atoms with Gasteiger partial charge < -0.3 is 4.57 Å². The molecule has 1 aromatic carbocycles. The van der Waals surface area contributed by atoms with Crippen molar-refractivity contribution in [3.8, 4) is 5.24 Å². The van der Waals surface area contributed by atoms with Crippen molar-refractivity contribution in [1.82, 2.24) is 18.0 Å². The van der Waals surface area contributed by atoms with Crippen molar-refractivity contribution in [3.63, 3.8) is 0 Å². The van der Waals surface area contributed by atoms with E-state index in [2.05, 4.69) is 184 Å². The minimum absolute atomic E-state index is 0.127. The summed E-state index contributed by atoms with van der Waals surface area (Å²) in [5.41, 5.74) is 6.46. The third kappa shape index (κ3) is 8.44. The lowest BCUT2D eigenvalue weighted by Gasteiger charge is -2.61. The summed E-state index contributed by atoms with van der Waals surface area (Å²) in [4.78, 5) is 0. The molecule has 0 spiro atoms. The molecule has 3 aliphatic rings. The third-order valence-electron chi connectivity index (χ3n) is 11.2. The van der Waals surface area contributed by atoms with Crippen molar-refractivity contribution in [1.29, 1.82) is 0 Å². The summed E-state index contributed by atoms with van der Waals surface area (Å²) in [6, 6.07) is 9.11. The molecule has 1 saturated carbocycles. The zero-order valence-electron chi connectivity index (χ0n) is 36.7. The first-order valence-electron chi connectivity index (χ1n) is 20.4. The molecule has 4 rings (SSSR count). The molecular formula is C42H78N5P2Si2+. The Hall–Kier alpha value is -0.326. The molecule has 2 fully saturated rings. The summed E-state index contributed by atoms with van der Waals surface area (Å²) < 4.78 is 14.7. The number of benzene rings is 1. The highest BCUT2D eigenvalue weighted by atomic mass is 31.1. The van der Waals surface area contributed by atoms with Crippen molar-refractivity contribution in [2.45, 2.75) is 204 Å². The van der Waals surface area contributed by atoms with Crippen molar-refractivity contribution in [3.05, 3.63) is 40.3 Å². The average molecular weight is 771 g/mol. The SMILES string of the molecule is CC(C)c1cccc(C(C)C)c1N([Si]#C[PH+]1N(C(C)(C)C)[Si](C)(C)N1C(C)(C)C)C1=C(P(N(C(C)C)C(C)C)N(C(C)C)C(C)C)[C@@H]2CC[C@H]1C2. The van der Waals surface area contributed by atoms with Crippen LogP contribution in [0.4, 0.5) is 5.69 Å². The summed E-state index contributed by atoms with van der Waals surface area (Å²) in [6.45, 7) is 49.1. The van der Waals surface area contributed by atoms with Crippen LogP contribution in [0.3, 0.4) is 0 Å². The van der Waals surface area contributed by atoms with E-state index in [0.29, 0.717) is 57.0 Å². The summed E-state index contributed by atoms with van der Waals surface area (Å²) >= 11 is 0. The average Bonchev–Trinajstić information content (AvgIpc) is 3.56. The second-order valence-corrected chi connectivity index (χ2v) is 29.9. The van der Waals surface area contributed by atoms with Gasteiger partial charge >= 0.3 is 0 Å². The van der Waals surface area contributed by atoms with E-state index in [1.807, 2.05) is 0 Å². The van der Waals surface area contributed by atoms with Crippen LogP contribution in [-0.2, 0) is 0 Å². The molecule has 0 amide bonds. The quantitative estimate of drug-likeness (QED) is 0.164. The lowest BCUT2D eigenvalue weighted by atomic mass is 9.92. The van der Waals surface area contributed by atoms with Gasteiger partial charge in [-0.15, -0.1) is 0 Å². The molecule has 2 aliphatic carbocycles. The van der Waals surface area contributed by atoms with Crippen LogP contribution in [0.25, 0.3) is 0 Å². The molecule has 9 heteroatoms. The van der Waals surface area contributed by atoms with Gasteiger partial charge in [-0.25, -0.2) is 0 Å². The topological polar surface area (TPSA) is 16.2 Å². The van der Waals surface area contributed by atoms with E-state index >= 15 is 0 Å². The van der Waals surface area contributed by atoms with Crippen molar-refractivity contribution in [2.75, 3.05) is 4.57 Å². The number of hydrogen-bond acceptors (Lipinski definition) is 5. The first kappa shape index (κ1) is 43.4. The molecule has 1 heterocycles. The van der Waals surface area contributed by atoms with E-state index in [1.165, 1.54) is 36.1 Å². The van der Waals surface area contributed by atoms with Crippen LogP contribution in [0.5, 0.6) is 0 Å². The van der Waals surface area contributed by atoms with E-state index in [1.54, 1.807) is 11.0 Å². The standard InChI is InChI=1S/C42H77N5P2Si2/c1-28(2)36-22-21-23-37(29(3)4)39(36)45(50-27-48-46(41(13,14)15)51(19,20)47(48)42(16,17)18)38-34-24-25-35(26-34)40(38)49(43(30(5)6)31(7)8)44(32(9)10)33(11)12/h21-23,28-35H,24-26H2,1-20H3/p+1/t34-,35+/m0/s1. The fraction of sp³-hybridized carbons (Fsp3) is 0.786. The van der Waals surface area contributed by atoms with Crippen LogP contribution < -0.4 is 4.57 Å². The highest BCUT2D eigenvalue weighted by Crippen LogP contribution is 2.68. The monoisotopic (exact) mass is 771 g/mol. The summed E-state index contributed by atoms with van der Waals surface area (Å²) in [5.74, 6) is 2.18. The second kappa shape index (κ2) is 16.0. The molecule has 0 unspecified atom stereocenters. The van der Waals surface area contributed by atoms with Gasteiger partial charge in [0, 0.05) is 52.2 Å². The van der Waals surface area contributed by atoms with E-state index in [0.717, 1.165) is 0 Å². The van der Waals surface area contributed by atoms with Crippen LogP contribution in [0.1, 0.15) is 167 Å².